The van der Waals surface area contributed by atoms with E-state index in [0.717, 1.165) is 29.6 Å². The second-order valence-corrected chi connectivity index (χ2v) is 8.23. The summed E-state index contributed by atoms with van der Waals surface area (Å²) in [6, 6.07) is 18.1. The van der Waals surface area contributed by atoms with Crippen molar-refractivity contribution in [2.24, 2.45) is 0 Å². The molecular formula is C23H17F5N2OS. The zero-order valence-electron chi connectivity index (χ0n) is 16.4. The predicted octanol–water partition coefficient (Wildman–Crippen LogP) is 6.51. The molecule has 9 heteroatoms. The van der Waals surface area contributed by atoms with Crippen LogP contribution >= 0.6 is 11.8 Å². The number of aromatic nitrogens is 2. The lowest BCUT2D eigenvalue weighted by molar-refractivity contribution is -0.256. The highest BCUT2D eigenvalue weighted by molar-refractivity contribution is 7.99. The van der Waals surface area contributed by atoms with Crippen LogP contribution in [0.25, 0.3) is 16.6 Å². The average Bonchev–Trinajstić information content (AvgIpc) is 3.21. The molecule has 0 bridgehead atoms. The summed E-state index contributed by atoms with van der Waals surface area (Å²) in [6.45, 7) is 0. The molecule has 1 heterocycles. The first-order valence-corrected chi connectivity index (χ1v) is 10.5. The molecule has 1 N–H and O–H groups in total. The number of aliphatic hydroxyl groups is 1. The lowest BCUT2D eigenvalue weighted by Crippen LogP contribution is -2.44. The number of halogens is 5. The summed E-state index contributed by atoms with van der Waals surface area (Å²) in [5.41, 5.74) is -2.32. The minimum Gasteiger partial charge on any atom is -0.376 e. The predicted molar refractivity (Wildman–Crippen MR) is 113 cm³/mol. The first-order chi connectivity index (χ1) is 15.2. The van der Waals surface area contributed by atoms with E-state index in [1.807, 2.05) is 30.3 Å². The molecule has 0 aliphatic carbocycles. The Morgan fingerprint density at radius 3 is 2.25 bits per heavy atom. The third kappa shape index (κ3) is 4.22. The highest BCUT2D eigenvalue weighted by Crippen LogP contribution is 2.43. The van der Waals surface area contributed by atoms with Crippen molar-refractivity contribution in [3.63, 3.8) is 0 Å². The van der Waals surface area contributed by atoms with E-state index >= 15 is 0 Å². The molecule has 4 aromatic rings. The summed E-state index contributed by atoms with van der Waals surface area (Å²) < 4.78 is 68.8. The van der Waals surface area contributed by atoms with Crippen LogP contribution < -0.4 is 0 Å². The summed E-state index contributed by atoms with van der Waals surface area (Å²) in [5.74, 6) is -0.733. The highest BCUT2D eigenvalue weighted by Gasteiger charge is 2.55. The lowest BCUT2D eigenvalue weighted by atomic mass is 9.94. The third-order valence-corrected chi connectivity index (χ3v) is 6.26. The number of para-hydroxylation sites is 1. The molecule has 0 spiro atoms. The van der Waals surface area contributed by atoms with Gasteiger partial charge in [0.15, 0.2) is 5.60 Å². The van der Waals surface area contributed by atoms with Crippen LogP contribution in [0.1, 0.15) is 17.6 Å². The van der Waals surface area contributed by atoms with Gasteiger partial charge in [-0.3, -0.25) is 0 Å². The zero-order valence-corrected chi connectivity index (χ0v) is 17.2. The van der Waals surface area contributed by atoms with Gasteiger partial charge in [0.2, 0.25) is 0 Å². The number of thioether (sulfide) groups is 1. The third-order valence-electron chi connectivity index (χ3n) is 5.10. The second kappa shape index (κ2) is 8.55. The van der Waals surface area contributed by atoms with Crippen LogP contribution in [0.3, 0.4) is 0 Å². The number of fused-ring (bicyclic) bond motifs is 1. The molecule has 3 aromatic carbocycles. The van der Waals surface area contributed by atoms with Gasteiger partial charge in [-0.1, -0.05) is 36.4 Å². The Bertz CT molecular complexity index is 1210. The Balaban J connectivity index is 1.65. The molecule has 0 saturated carbocycles. The van der Waals surface area contributed by atoms with E-state index in [4.69, 9.17) is 0 Å². The van der Waals surface area contributed by atoms with Crippen LogP contribution in [0, 0.1) is 0 Å². The number of nitrogens with zero attached hydrogens (tertiary/aromatic N) is 2. The van der Waals surface area contributed by atoms with Crippen molar-refractivity contribution in [1.29, 1.82) is 0 Å². The summed E-state index contributed by atoms with van der Waals surface area (Å²) >= 11 is 0.741. The Kier molecular flexibility index (Phi) is 5.96. The number of alkyl halides is 5. The molecule has 1 unspecified atom stereocenters. The first-order valence-electron chi connectivity index (χ1n) is 9.53. The van der Waals surface area contributed by atoms with Gasteiger partial charge in [0.05, 0.1) is 17.4 Å². The summed E-state index contributed by atoms with van der Waals surface area (Å²) in [7, 11) is 0. The van der Waals surface area contributed by atoms with E-state index < -0.39 is 24.0 Å². The number of hydrogen-bond acceptors (Lipinski definition) is 3. The van der Waals surface area contributed by atoms with Gasteiger partial charge in [-0.25, -0.2) is 13.5 Å². The van der Waals surface area contributed by atoms with Crippen molar-refractivity contribution in [3.05, 3.63) is 90.1 Å². The number of rotatable bonds is 6. The van der Waals surface area contributed by atoms with Crippen molar-refractivity contribution in [1.82, 2.24) is 9.78 Å². The molecule has 3 nitrogen and oxygen atoms in total. The maximum absolute atomic E-state index is 13.9. The molecule has 0 aliphatic rings. The van der Waals surface area contributed by atoms with E-state index in [9.17, 15) is 27.1 Å². The topological polar surface area (TPSA) is 38.1 Å². The molecule has 0 amide bonds. The van der Waals surface area contributed by atoms with Crippen LogP contribution in [-0.2, 0) is 5.60 Å². The fraction of sp³-hybridized carbons (Fsp3) is 0.174. The van der Waals surface area contributed by atoms with Gasteiger partial charge >= 0.3 is 6.18 Å². The Morgan fingerprint density at radius 2 is 1.62 bits per heavy atom. The minimum atomic E-state index is -4.95. The molecule has 32 heavy (non-hydrogen) atoms. The second-order valence-electron chi connectivity index (χ2n) is 7.18. The van der Waals surface area contributed by atoms with Gasteiger partial charge in [0, 0.05) is 21.6 Å². The Labute approximate surface area is 184 Å². The fourth-order valence-corrected chi connectivity index (χ4v) is 4.33. The SMILES string of the molecule is OC(CSc1ccc(C(F)F)cc1)(c1ccc2c(cnn2-c2ccccc2)c1)C(F)(F)F. The Hall–Kier alpha value is -2.91. The molecule has 4 rings (SSSR count). The van der Waals surface area contributed by atoms with Gasteiger partial charge in [-0.2, -0.15) is 18.3 Å². The largest absolute Gasteiger partial charge is 0.422 e. The van der Waals surface area contributed by atoms with E-state index in [-0.39, 0.29) is 11.1 Å². The molecular weight excluding hydrogens is 447 g/mol. The molecule has 1 aromatic heterocycles. The van der Waals surface area contributed by atoms with Crippen molar-refractivity contribution in [3.8, 4) is 5.69 Å². The summed E-state index contributed by atoms with van der Waals surface area (Å²) in [4.78, 5) is 0.343. The van der Waals surface area contributed by atoms with E-state index in [2.05, 4.69) is 5.10 Å². The normalized spacial score (nSPS) is 14.1. The summed E-state index contributed by atoms with van der Waals surface area (Å²) in [5, 5.41) is 15.4. The van der Waals surface area contributed by atoms with Crippen LogP contribution in [0.2, 0.25) is 0 Å². The van der Waals surface area contributed by atoms with Gasteiger partial charge < -0.3 is 5.11 Å². The maximum atomic E-state index is 13.9. The van der Waals surface area contributed by atoms with Gasteiger partial charge in [-0.15, -0.1) is 11.8 Å². The molecule has 0 fully saturated rings. The Morgan fingerprint density at radius 1 is 0.938 bits per heavy atom. The fourth-order valence-electron chi connectivity index (χ4n) is 3.29. The van der Waals surface area contributed by atoms with Crippen molar-refractivity contribution < 1.29 is 27.1 Å². The molecule has 0 saturated heterocycles. The molecule has 0 radical (unpaired) electrons. The average molecular weight is 464 g/mol. The van der Waals surface area contributed by atoms with Crippen molar-refractivity contribution in [2.75, 3.05) is 5.75 Å². The maximum Gasteiger partial charge on any atom is 0.422 e. The van der Waals surface area contributed by atoms with Crippen LogP contribution in [-0.4, -0.2) is 26.8 Å². The van der Waals surface area contributed by atoms with E-state index in [0.29, 0.717) is 15.8 Å². The zero-order chi connectivity index (χ0) is 22.9. The quantitative estimate of drug-likeness (QED) is 0.261. The summed E-state index contributed by atoms with van der Waals surface area (Å²) in [6.07, 6.45) is -6.17. The first kappa shape index (κ1) is 22.3. The highest BCUT2D eigenvalue weighted by atomic mass is 32.2. The monoisotopic (exact) mass is 464 g/mol. The van der Waals surface area contributed by atoms with E-state index in [1.165, 1.54) is 36.5 Å². The molecule has 1 atom stereocenters. The van der Waals surface area contributed by atoms with Crippen LogP contribution in [0.15, 0.2) is 83.9 Å². The van der Waals surface area contributed by atoms with Crippen LogP contribution in [0.5, 0.6) is 0 Å². The van der Waals surface area contributed by atoms with Gasteiger partial charge in [0.25, 0.3) is 6.43 Å². The van der Waals surface area contributed by atoms with Crippen LogP contribution in [0.4, 0.5) is 22.0 Å². The standard InChI is InChI=1S/C23H17F5N2OS/c24-21(25)15-6-9-19(10-7-15)32-14-22(31,23(26,27)28)17-8-11-20-16(12-17)13-29-30(20)18-4-2-1-3-5-18/h1-13,21,31H,14H2. The van der Waals surface area contributed by atoms with Crippen molar-refractivity contribution >= 4 is 22.7 Å². The van der Waals surface area contributed by atoms with Crippen molar-refractivity contribution in [2.45, 2.75) is 23.1 Å². The number of benzene rings is 3. The van der Waals surface area contributed by atoms with Gasteiger partial charge in [0.1, 0.15) is 0 Å². The number of hydrogen-bond donors (Lipinski definition) is 1. The minimum absolute atomic E-state index is 0.221. The smallest absolute Gasteiger partial charge is 0.376 e. The lowest BCUT2D eigenvalue weighted by Gasteiger charge is -2.30. The van der Waals surface area contributed by atoms with Gasteiger partial charge in [-0.05, 0) is 42.0 Å². The molecule has 166 valence electrons. The van der Waals surface area contributed by atoms with E-state index in [1.54, 1.807) is 4.68 Å². The molecule has 0 aliphatic heterocycles.